The van der Waals surface area contributed by atoms with E-state index in [-0.39, 0.29) is 18.2 Å². The maximum absolute atomic E-state index is 12.0. The number of thiazole rings is 1. The number of carbonyl (C=O) groups is 1. The highest BCUT2D eigenvalue weighted by atomic mass is 35.5. The standard InChI is InChI=1S/C24H26ClN3O3S/c1-2-30-24(29)18-7-10-26-20(15-18)16-28-12-8-21(9-13-28)31-22(23-27-11-14-32-23)17-3-5-19(25)6-4-17/h3-7,10-11,14-15,21-22H,2,8-9,12-13,16H2,1H3. The number of aromatic nitrogens is 2. The van der Waals surface area contributed by atoms with Crippen molar-refractivity contribution in [3.8, 4) is 0 Å². The van der Waals surface area contributed by atoms with Gasteiger partial charge >= 0.3 is 5.97 Å². The van der Waals surface area contributed by atoms with E-state index >= 15 is 0 Å². The normalized spacial score (nSPS) is 16.1. The molecule has 6 nitrogen and oxygen atoms in total. The minimum absolute atomic E-state index is 0.148. The van der Waals surface area contributed by atoms with Crippen molar-refractivity contribution in [3.05, 3.63) is 81.0 Å². The minimum Gasteiger partial charge on any atom is -0.462 e. The number of carbonyl (C=O) groups excluding carboxylic acids is 1. The van der Waals surface area contributed by atoms with Crippen molar-refractivity contribution in [2.24, 2.45) is 0 Å². The first-order chi connectivity index (χ1) is 15.6. The molecule has 0 N–H and O–H groups in total. The summed E-state index contributed by atoms with van der Waals surface area (Å²) in [6.07, 6.45) is 5.29. The molecule has 1 aliphatic heterocycles. The first-order valence-electron chi connectivity index (χ1n) is 10.8. The summed E-state index contributed by atoms with van der Waals surface area (Å²) in [5.41, 5.74) is 2.48. The molecule has 0 radical (unpaired) electrons. The van der Waals surface area contributed by atoms with Gasteiger partial charge in [0.05, 0.1) is 24.0 Å². The van der Waals surface area contributed by atoms with E-state index in [0.717, 1.165) is 42.2 Å². The molecule has 3 aromatic rings. The fourth-order valence-corrected chi connectivity index (χ4v) is 4.64. The highest BCUT2D eigenvalue weighted by molar-refractivity contribution is 7.09. The number of benzene rings is 1. The number of pyridine rings is 1. The van der Waals surface area contributed by atoms with Crippen LogP contribution >= 0.6 is 22.9 Å². The van der Waals surface area contributed by atoms with Crippen molar-refractivity contribution >= 4 is 28.9 Å². The molecule has 0 aliphatic carbocycles. The Labute approximate surface area is 197 Å². The fraction of sp³-hybridized carbons (Fsp3) is 0.375. The van der Waals surface area contributed by atoms with Gasteiger partial charge in [0.2, 0.25) is 0 Å². The molecule has 1 fully saturated rings. The molecule has 0 saturated carbocycles. The van der Waals surface area contributed by atoms with Crippen molar-refractivity contribution in [3.63, 3.8) is 0 Å². The molecule has 4 rings (SSSR count). The third kappa shape index (κ3) is 5.92. The van der Waals surface area contributed by atoms with E-state index in [4.69, 9.17) is 21.1 Å². The highest BCUT2D eigenvalue weighted by Gasteiger charge is 2.26. The van der Waals surface area contributed by atoms with E-state index in [0.29, 0.717) is 23.7 Å². The molecular formula is C24H26ClN3O3S. The zero-order valence-corrected chi connectivity index (χ0v) is 19.5. The maximum Gasteiger partial charge on any atom is 0.338 e. The molecule has 32 heavy (non-hydrogen) atoms. The largest absolute Gasteiger partial charge is 0.462 e. The summed E-state index contributed by atoms with van der Waals surface area (Å²) in [5.74, 6) is -0.307. The van der Waals surface area contributed by atoms with Gasteiger partial charge in [0.25, 0.3) is 0 Å². The minimum atomic E-state index is -0.307. The number of likely N-dealkylation sites (tertiary alicyclic amines) is 1. The molecule has 1 saturated heterocycles. The molecule has 0 bridgehead atoms. The topological polar surface area (TPSA) is 64.5 Å². The second-order valence-electron chi connectivity index (χ2n) is 7.67. The van der Waals surface area contributed by atoms with Gasteiger partial charge in [-0.2, -0.15) is 0 Å². The van der Waals surface area contributed by atoms with Crippen LogP contribution in [0.25, 0.3) is 0 Å². The number of ether oxygens (including phenoxy) is 2. The zero-order valence-electron chi connectivity index (χ0n) is 17.9. The Morgan fingerprint density at radius 3 is 2.66 bits per heavy atom. The van der Waals surface area contributed by atoms with E-state index in [9.17, 15) is 4.79 Å². The van der Waals surface area contributed by atoms with E-state index in [1.54, 1.807) is 30.5 Å². The molecule has 168 valence electrons. The average Bonchev–Trinajstić information content (AvgIpc) is 3.34. The molecule has 8 heteroatoms. The predicted molar refractivity (Wildman–Crippen MR) is 125 cm³/mol. The van der Waals surface area contributed by atoms with Gasteiger partial charge in [0, 0.05) is 42.4 Å². The summed E-state index contributed by atoms with van der Waals surface area (Å²) in [6.45, 7) is 4.68. The van der Waals surface area contributed by atoms with E-state index in [2.05, 4.69) is 14.9 Å². The molecule has 1 aromatic carbocycles. The fourth-order valence-electron chi connectivity index (χ4n) is 3.81. The lowest BCUT2D eigenvalue weighted by Gasteiger charge is -2.33. The van der Waals surface area contributed by atoms with Gasteiger partial charge in [0.15, 0.2) is 0 Å². The van der Waals surface area contributed by atoms with Crippen molar-refractivity contribution in [2.75, 3.05) is 19.7 Å². The quantitative estimate of drug-likeness (QED) is 0.424. The lowest BCUT2D eigenvalue weighted by molar-refractivity contribution is -0.0283. The summed E-state index contributed by atoms with van der Waals surface area (Å²) < 4.78 is 11.6. The van der Waals surface area contributed by atoms with E-state index < -0.39 is 0 Å². The van der Waals surface area contributed by atoms with Gasteiger partial charge in [-0.05, 0) is 49.6 Å². The van der Waals surface area contributed by atoms with E-state index in [1.807, 2.05) is 41.9 Å². The van der Waals surface area contributed by atoms with Crippen molar-refractivity contribution < 1.29 is 14.3 Å². The number of rotatable bonds is 8. The van der Waals surface area contributed by atoms with Gasteiger partial charge in [0.1, 0.15) is 11.1 Å². The number of piperidine rings is 1. The van der Waals surface area contributed by atoms with Crippen LogP contribution in [0.5, 0.6) is 0 Å². The van der Waals surface area contributed by atoms with Gasteiger partial charge in [-0.25, -0.2) is 9.78 Å². The van der Waals surface area contributed by atoms with E-state index in [1.165, 1.54) is 0 Å². The molecule has 0 amide bonds. The third-order valence-electron chi connectivity index (χ3n) is 5.42. The van der Waals surface area contributed by atoms with Gasteiger partial charge in [-0.1, -0.05) is 23.7 Å². The number of esters is 1. The Morgan fingerprint density at radius 1 is 1.19 bits per heavy atom. The SMILES string of the molecule is CCOC(=O)c1ccnc(CN2CCC(OC(c3ccc(Cl)cc3)c3nccs3)CC2)c1. The van der Waals surface area contributed by atoms with Gasteiger partial charge in [-0.15, -0.1) is 11.3 Å². The summed E-state index contributed by atoms with van der Waals surface area (Å²) in [6, 6.07) is 11.3. The number of nitrogens with zero attached hydrogens (tertiary/aromatic N) is 3. The Hall–Kier alpha value is -2.32. The van der Waals surface area contributed by atoms with Crippen LogP contribution in [-0.4, -0.2) is 46.6 Å². The maximum atomic E-state index is 12.0. The number of hydrogen-bond donors (Lipinski definition) is 0. The summed E-state index contributed by atoms with van der Waals surface area (Å²) in [7, 11) is 0. The van der Waals surface area contributed by atoms with Crippen LogP contribution in [0.1, 0.15) is 52.5 Å². The molecule has 2 aromatic heterocycles. The summed E-state index contributed by atoms with van der Waals surface area (Å²) in [5, 5.41) is 3.64. The lowest BCUT2D eigenvalue weighted by Crippen LogP contribution is -2.37. The number of hydrogen-bond acceptors (Lipinski definition) is 7. The van der Waals surface area contributed by atoms with Gasteiger partial charge < -0.3 is 9.47 Å². The molecule has 1 atom stereocenters. The average molecular weight is 472 g/mol. The molecule has 0 spiro atoms. The third-order valence-corrected chi connectivity index (χ3v) is 6.50. The highest BCUT2D eigenvalue weighted by Crippen LogP contribution is 2.32. The second-order valence-corrected chi connectivity index (χ2v) is 9.03. The first kappa shape index (κ1) is 22.9. The van der Waals surface area contributed by atoms with Gasteiger partial charge in [-0.3, -0.25) is 9.88 Å². The molecule has 1 unspecified atom stereocenters. The van der Waals surface area contributed by atoms with Crippen LogP contribution in [-0.2, 0) is 16.0 Å². The van der Waals surface area contributed by atoms with Crippen LogP contribution in [0.2, 0.25) is 5.02 Å². The Balaban J connectivity index is 1.35. The molecule has 1 aliphatic rings. The lowest BCUT2D eigenvalue weighted by atomic mass is 10.1. The smallest absolute Gasteiger partial charge is 0.338 e. The molecular weight excluding hydrogens is 446 g/mol. The van der Waals surface area contributed by atoms with Crippen LogP contribution in [0.15, 0.2) is 54.2 Å². The zero-order chi connectivity index (χ0) is 22.3. The Bertz CT molecular complexity index is 1010. The Kier molecular flexibility index (Phi) is 7.86. The van der Waals surface area contributed by atoms with Crippen LogP contribution in [0.4, 0.5) is 0 Å². The number of halogens is 1. The van der Waals surface area contributed by atoms with Crippen molar-refractivity contribution in [1.29, 1.82) is 0 Å². The van der Waals surface area contributed by atoms with Crippen LogP contribution in [0.3, 0.4) is 0 Å². The molecule has 3 heterocycles. The first-order valence-corrected chi connectivity index (χ1v) is 12.0. The van der Waals surface area contributed by atoms with Crippen LogP contribution < -0.4 is 0 Å². The van der Waals surface area contributed by atoms with Crippen LogP contribution in [0, 0.1) is 0 Å². The summed E-state index contributed by atoms with van der Waals surface area (Å²) >= 11 is 7.67. The summed E-state index contributed by atoms with van der Waals surface area (Å²) in [4.78, 5) is 23.2. The van der Waals surface area contributed by atoms with Crippen molar-refractivity contribution in [2.45, 2.75) is 38.5 Å². The predicted octanol–water partition coefficient (Wildman–Crippen LogP) is 5.14. The Morgan fingerprint density at radius 2 is 1.97 bits per heavy atom. The monoisotopic (exact) mass is 471 g/mol. The van der Waals surface area contributed by atoms with Crippen molar-refractivity contribution in [1.82, 2.24) is 14.9 Å². The second kappa shape index (κ2) is 11.0.